The predicted octanol–water partition coefficient (Wildman–Crippen LogP) is 5.56. The Bertz CT molecular complexity index is 299. The van der Waals surface area contributed by atoms with E-state index in [1.54, 1.807) is 0 Å². The minimum Gasteiger partial charge on any atom is -0.466 e. The zero-order chi connectivity index (χ0) is 17.3. The van der Waals surface area contributed by atoms with Gasteiger partial charge in [0.25, 0.3) is 0 Å². The Labute approximate surface area is 143 Å². The van der Waals surface area contributed by atoms with E-state index in [1.807, 2.05) is 0 Å². The summed E-state index contributed by atoms with van der Waals surface area (Å²) in [6.45, 7) is 5.84. The lowest BCUT2D eigenvalue weighted by Crippen LogP contribution is -2.18. The molecule has 0 aliphatic heterocycles. The molecule has 0 unspecified atom stereocenters. The first-order chi connectivity index (χ1) is 11.1. The number of aliphatic hydroxyl groups excluding tert-OH is 1. The second kappa shape index (κ2) is 16.0. The third-order valence-electron chi connectivity index (χ3n) is 4.43. The van der Waals surface area contributed by atoms with Crippen molar-refractivity contribution in [2.75, 3.05) is 7.11 Å². The van der Waals surface area contributed by atoms with Crippen LogP contribution in [0.3, 0.4) is 0 Å². The summed E-state index contributed by atoms with van der Waals surface area (Å²) in [6, 6.07) is 0. The van der Waals surface area contributed by atoms with Crippen LogP contribution in [0.1, 0.15) is 96.8 Å². The van der Waals surface area contributed by atoms with Crippen LogP contribution in [0, 0.1) is 0 Å². The first-order valence-corrected chi connectivity index (χ1v) is 9.58. The van der Waals surface area contributed by atoms with Crippen LogP contribution in [0.25, 0.3) is 0 Å². The number of aliphatic hydroxyl groups is 1. The third kappa shape index (κ3) is 13.3. The molecule has 23 heavy (non-hydrogen) atoms. The number of methoxy groups -OCH3 is 1. The van der Waals surface area contributed by atoms with Crippen molar-refractivity contribution in [2.45, 2.75) is 103 Å². The van der Waals surface area contributed by atoms with Gasteiger partial charge in [-0.25, -0.2) is 4.79 Å². The Kier molecular flexibility index (Phi) is 15.5. The van der Waals surface area contributed by atoms with Crippen molar-refractivity contribution in [3.05, 3.63) is 12.2 Å². The van der Waals surface area contributed by atoms with E-state index in [9.17, 15) is 9.90 Å². The lowest BCUT2D eigenvalue weighted by Gasteiger charge is -2.11. The summed E-state index contributed by atoms with van der Waals surface area (Å²) < 4.78 is 4.55. The summed E-state index contributed by atoms with van der Waals surface area (Å²) in [6.07, 6.45) is 16.8. The first-order valence-electron chi connectivity index (χ1n) is 9.58. The Balaban J connectivity index is 3.27. The number of esters is 1. The highest BCUT2D eigenvalue weighted by atomic mass is 16.5. The quantitative estimate of drug-likeness (QED) is 0.229. The lowest BCUT2D eigenvalue weighted by molar-refractivity contribution is -0.137. The molecular formula is C20H38O3. The minimum absolute atomic E-state index is 0.173. The molecule has 1 N–H and O–H groups in total. The molecule has 3 heteroatoms. The van der Waals surface area contributed by atoms with Crippen molar-refractivity contribution < 1.29 is 14.6 Å². The number of hydrogen-bond donors (Lipinski definition) is 1. The molecule has 136 valence electrons. The zero-order valence-corrected chi connectivity index (χ0v) is 15.4. The van der Waals surface area contributed by atoms with E-state index in [0.717, 1.165) is 12.8 Å². The Hall–Kier alpha value is -0.830. The molecule has 0 bridgehead atoms. The van der Waals surface area contributed by atoms with Crippen molar-refractivity contribution in [1.82, 2.24) is 0 Å². The summed E-state index contributed by atoms with van der Waals surface area (Å²) in [5.74, 6) is -0.507. The van der Waals surface area contributed by atoms with Gasteiger partial charge in [0.2, 0.25) is 0 Å². The van der Waals surface area contributed by atoms with Gasteiger partial charge in [0, 0.05) is 0 Å². The smallest absolute Gasteiger partial charge is 0.335 e. The van der Waals surface area contributed by atoms with Crippen LogP contribution in [0.4, 0.5) is 0 Å². The van der Waals surface area contributed by atoms with Crippen LogP contribution in [-0.4, -0.2) is 24.3 Å². The van der Waals surface area contributed by atoms with E-state index >= 15 is 0 Å². The van der Waals surface area contributed by atoms with Crippen LogP contribution in [0.5, 0.6) is 0 Å². The Morgan fingerprint density at radius 3 is 1.65 bits per heavy atom. The highest BCUT2D eigenvalue weighted by Gasteiger charge is 2.16. The monoisotopic (exact) mass is 326 g/mol. The predicted molar refractivity (Wildman–Crippen MR) is 97.5 cm³/mol. The van der Waals surface area contributed by atoms with Crippen molar-refractivity contribution in [1.29, 1.82) is 0 Å². The Morgan fingerprint density at radius 2 is 1.26 bits per heavy atom. The zero-order valence-electron chi connectivity index (χ0n) is 15.4. The molecule has 1 atom stereocenters. The summed E-state index contributed by atoms with van der Waals surface area (Å²) in [7, 11) is 1.31. The largest absolute Gasteiger partial charge is 0.466 e. The topological polar surface area (TPSA) is 46.5 Å². The van der Waals surface area contributed by atoms with Gasteiger partial charge in [0.15, 0.2) is 0 Å². The van der Waals surface area contributed by atoms with Crippen LogP contribution >= 0.6 is 0 Å². The molecule has 0 rings (SSSR count). The molecule has 0 heterocycles. The average Bonchev–Trinajstić information content (AvgIpc) is 2.57. The fourth-order valence-electron chi connectivity index (χ4n) is 2.80. The summed E-state index contributed by atoms with van der Waals surface area (Å²) in [4.78, 5) is 11.2. The van der Waals surface area contributed by atoms with Crippen LogP contribution < -0.4 is 0 Å². The molecule has 0 aliphatic carbocycles. The van der Waals surface area contributed by atoms with Gasteiger partial charge in [0.1, 0.15) is 0 Å². The van der Waals surface area contributed by atoms with Gasteiger partial charge in [-0.15, -0.1) is 0 Å². The fourth-order valence-corrected chi connectivity index (χ4v) is 2.80. The second-order valence-corrected chi connectivity index (χ2v) is 6.56. The molecule has 0 aliphatic rings. The number of carbonyl (C=O) groups is 1. The maximum atomic E-state index is 11.2. The van der Waals surface area contributed by atoms with E-state index in [0.29, 0.717) is 6.42 Å². The lowest BCUT2D eigenvalue weighted by atomic mass is 10.0. The Morgan fingerprint density at radius 1 is 0.870 bits per heavy atom. The number of hydrogen-bond acceptors (Lipinski definition) is 3. The van der Waals surface area contributed by atoms with Crippen LogP contribution in [0.2, 0.25) is 0 Å². The molecule has 0 aromatic rings. The molecule has 0 amide bonds. The standard InChI is InChI=1S/C20H38O3/c1-4-5-6-7-8-9-10-11-12-13-14-15-16-17-19(21)18(2)20(22)23-3/h19,21H,2,4-17H2,1,3H3/t19-/m1/s1. The number of rotatable bonds is 16. The molecule has 0 spiro atoms. The molecular weight excluding hydrogens is 288 g/mol. The van der Waals surface area contributed by atoms with E-state index < -0.39 is 12.1 Å². The minimum atomic E-state index is -0.754. The van der Waals surface area contributed by atoms with Gasteiger partial charge in [-0.05, 0) is 6.42 Å². The fraction of sp³-hybridized carbons (Fsp3) is 0.850. The van der Waals surface area contributed by atoms with Gasteiger partial charge < -0.3 is 9.84 Å². The van der Waals surface area contributed by atoms with Gasteiger partial charge in [-0.3, -0.25) is 0 Å². The molecule has 3 nitrogen and oxygen atoms in total. The number of unbranched alkanes of at least 4 members (excludes halogenated alkanes) is 12. The molecule has 0 saturated heterocycles. The average molecular weight is 327 g/mol. The molecule has 0 radical (unpaired) electrons. The second-order valence-electron chi connectivity index (χ2n) is 6.56. The van der Waals surface area contributed by atoms with Gasteiger partial charge in [-0.2, -0.15) is 0 Å². The van der Waals surface area contributed by atoms with Crippen LogP contribution in [0.15, 0.2) is 12.2 Å². The normalized spacial score (nSPS) is 12.1. The highest BCUT2D eigenvalue weighted by Crippen LogP contribution is 2.15. The van der Waals surface area contributed by atoms with Crippen LogP contribution in [-0.2, 0) is 9.53 Å². The van der Waals surface area contributed by atoms with E-state index in [2.05, 4.69) is 18.2 Å². The van der Waals surface area contributed by atoms with Crippen molar-refractivity contribution in [2.24, 2.45) is 0 Å². The number of ether oxygens (including phenoxy) is 1. The molecule has 0 aromatic heterocycles. The van der Waals surface area contributed by atoms with E-state index in [4.69, 9.17) is 0 Å². The first kappa shape index (κ1) is 22.2. The van der Waals surface area contributed by atoms with Gasteiger partial charge in [0.05, 0.1) is 18.8 Å². The SMILES string of the molecule is C=C(C(=O)OC)[C@H](O)CCCCCCCCCCCCCCC. The van der Waals surface area contributed by atoms with Gasteiger partial charge >= 0.3 is 5.97 Å². The van der Waals surface area contributed by atoms with Crippen molar-refractivity contribution in [3.8, 4) is 0 Å². The van der Waals surface area contributed by atoms with Gasteiger partial charge in [-0.1, -0.05) is 97.0 Å². The van der Waals surface area contributed by atoms with Crippen molar-refractivity contribution >= 4 is 5.97 Å². The van der Waals surface area contributed by atoms with E-state index in [1.165, 1.54) is 77.7 Å². The summed E-state index contributed by atoms with van der Waals surface area (Å²) in [5.41, 5.74) is 0.173. The highest BCUT2D eigenvalue weighted by molar-refractivity contribution is 5.88. The summed E-state index contributed by atoms with van der Waals surface area (Å²) >= 11 is 0. The summed E-state index contributed by atoms with van der Waals surface area (Å²) in [5, 5.41) is 9.80. The molecule has 0 fully saturated rings. The molecule has 0 saturated carbocycles. The third-order valence-corrected chi connectivity index (χ3v) is 4.43. The van der Waals surface area contributed by atoms with Crippen molar-refractivity contribution in [3.63, 3.8) is 0 Å². The van der Waals surface area contributed by atoms with E-state index in [-0.39, 0.29) is 5.57 Å². The molecule has 0 aromatic carbocycles. The maximum absolute atomic E-state index is 11.2. The maximum Gasteiger partial charge on any atom is 0.335 e. The number of carbonyl (C=O) groups excluding carboxylic acids is 1.